The lowest BCUT2D eigenvalue weighted by atomic mass is 9.95. The lowest BCUT2D eigenvalue weighted by molar-refractivity contribution is -0.143. The highest BCUT2D eigenvalue weighted by Crippen LogP contribution is 2.28. The number of pyridine rings is 1. The Morgan fingerprint density at radius 1 is 1.25 bits per heavy atom. The summed E-state index contributed by atoms with van der Waals surface area (Å²) in [5.41, 5.74) is 1.15. The van der Waals surface area contributed by atoms with Crippen LogP contribution in [-0.4, -0.2) is 61.8 Å². The summed E-state index contributed by atoms with van der Waals surface area (Å²) < 4.78 is 2.19. The van der Waals surface area contributed by atoms with Crippen molar-refractivity contribution in [3.05, 3.63) is 48.3 Å². The molecule has 4 heterocycles. The zero-order valence-corrected chi connectivity index (χ0v) is 16.3. The average Bonchev–Trinajstić information content (AvgIpc) is 3.37. The van der Waals surface area contributed by atoms with Gasteiger partial charge >= 0.3 is 0 Å². The number of nitrogens with zero attached hydrogens (tertiary/aromatic N) is 5. The van der Waals surface area contributed by atoms with Gasteiger partial charge in [0.1, 0.15) is 11.9 Å². The normalized spacial score (nSPS) is 19.2. The molecule has 28 heavy (non-hydrogen) atoms. The third kappa shape index (κ3) is 3.79. The Morgan fingerprint density at radius 3 is 2.75 bits per heavy atom. The molecule has 2 aliphatic rings. The number of imidazole rings is 1. The molecular weight excluding hydrogens is 354 g/mol. The summed E-state index contributed by atoms with van der Waals surface area (Å²) >= 11 is 0. The minimum atomic E-state index is -0.348. The van der Waals surface area contributed by atoms with Crippen LogP contribution in [0.25, 0.3) is 0 Å². The van der Waals surface area contributed by atoms with Crippen molar-refractivity contribution in [1.29, 1.82) is 0 Å². The van der Waals surface area contributed by atoms with Gasteiger partial charge in [0.05, 0.1) is 6.54 Å². The summed E-state index contributed by atoms with van der Waals surface area (Å²) in [5, 5.41) is 0. The largest absolute Gasteiger partial charge is 0.341 e. The number of carbonyl (C=O) groups excluding carboxylic acids is 2. The summed E-state index contributed by atoms with van der Waals surface area (Å²) in [4.78, 5) is 37.2. The molecule has 2 saturated heterocycles. The third-order valence-electron chi connectivity index (χ3n) is 5.93. The van der Waals surface area contributed by atoms with Gasteiger partial charge in [0.2, 0.25) is 11.8 Å². The molecule has 0 saturated carbocycles. The summed E-state index contributed by atoms with van der Waals surface area (Å²) in [5.74, 6) is 1.61. The first-order valence-electron chi connectivity index (χ1n) is 10.1. The van der Waals surface area contributed by atoms with E-state index in [-0.39, 0.29) is 17.9 Å². The Morgan fingerprint density at radius 2 is 2.07 bits per heavy atom. The van der Waals surface area contributed by atoms with Crippen LogP contribution >= 0.6 is 0 Å². The van der Waals surface area contributed by atoms with Crippen LogP contribution in [0.2, 0.25) is 0 Å². The van der Waals surface area contributed by atoms with Crippen LogP contribution in [0.1, 0.15) is 49.9 Å². The van der Waals surface area contributed by atoms with Gasteiger partial charge in [-0.1, -0.05) is 6.07 Å². The zero-order chi connectivity index (χ0) is 19.5. The maximum absolute atomic E-state index is 12.8. The Hall–Kier alpha value is -2.70. The number of amides is 2. The Balaban J connectivity index is 1.36. The van der Waals surface area contributed by atoms with E-state index in [4.69, 9.17) is 0 Å². The van der Waals surface area contributed by atoms with E-state index in [1.54, 1.807) is 11.1 Å². The molecule has 2 aromatic rings. The number of aromatic nitrogens is 3. The standard InChI is InChI=1S/C21H27N5O2/c1-16(26-10-3-5-19(26)27)21(28)24-11-6-18(7-12-24)20-23-9-13-25(20)15-17-4-2-8-22-14-17/h2,4,8-9,13-14,16,18H,3,5-7,10-12,15H2,1H3/t16-/m1/s1. The fourth-order valence-corrected chi connectivity index (χ4v) is 4.34. The molecule has 2 aliphatic heterocycles. The first kappa shape index (κ1) is 18.7. The molecule has 7 nitrogen and oxygen atoms in total. The summed E-state index contributed by atoms with van der Waals surface area (Å²) in [6, 6.07) is 3.67. The second-order valence-electron chi connectivity index (χ2n) is 7.74. The number of piperidine rings is 1. The highest BCUT2D eigenvalue weighted by atomic mass is 16.2. The maximum Gasteiger partial charge on any atom is 0.245 e. The third-order valence-corrected chi connectivity index (χ3v) is 5.93. The van der Waals surface area contributed by atoms with Crippen LogP contribution in [0.15, 0.2) is 36.9 Å². The van der Waals surface area contributed by atoms with Crippen molar-refractivity contribution in [2.24, 2.45) is 0 Å². The predicted molar refractivity (Wildman–Crippen MR) is 105 cm³/mol. The SMILES string of the molecule is C[C@H](C(=O)N1CCC(c2nccn2Cc2cccnc2)CC1)N1CCCC1=O. The Kier molecular flexibility index (Phi) is 5.41. The van der Waals surface area contributed by atoms with Crippen LogP contribution in [-0.2, 0) is 16.1 Å². The van der Waals surface area contributed by atoms with Crippen molar-refractivity contribution in [2.45, 2.75) is 51.1 Å². The minimum Gasteiger partial charge on any atom is -0.341 e. The van der Waals surface area contributed by atoms with Crippen molar-refractivity contribution >= 4 is 11.8 Å². The lowest BCUT2D eigenvalue weighted by Crippen LogP contribution is -2.49. The van der Waals surface area contributed by atoms with E-state index in [9.17, 15) is 9.59 Å². The van der Waals surface area contributed by atoms with Crippen molar-refractivity contribution in [3.63, 3.8) is 0 Å². The molecule has 0 N–H and O–H groups in total. The second-order valence-corrected chi connectivity index (χ2v) is 7.74. The summed E-state index contributed by atoms with van der Waals surface area (Å²) in [6.07, 6.45) is 10.8. The van der Waals surface area contributed by atoms with Crippen LogP contribution in [0.5, 0.6) is 0 Å². The quantitative estimate of drug-likeness (QED) is 0.795. The van der Waals surface area contributed by atoms with E-state index in [0.29, 0.717) is 18.9 Å². The topological polar surface area (TPSA) is 71.3 Å². The molecule has 2 aromatic heterocycles. The van der Waals surface area contributed by atoms with Crippen molar-refractivity contribution in [3.8, 4) is 0 Å². The number of carbonyl (C=O) groups is 2. The first-order chi connectivity index (χ1) is 13.6. The number of hydrogen-bond acceptors (Lipinski definition) is 4. The van der Waals surface area contributed by atoms with Crippen LogP contribution in [0, 0.1) is 0 Å². The van der Waals surface area contributed by atoms with Crippen molar-refractivity contribution < 1.29 is 9.59 Å². The fraction of sp³-hybridized carbons (Fsp3) is 0.524. The minimum absolute atomic E-state index is 0.0763. The second kappa shape index (κ2) is 8.12. The highest BCUT2D eigenvalue weighted by molar-refractivity contribution is 5.88. The Bertz CT molecular complexity index is 826. The maximum atomic E-state index is 12.8. The fourth-order valence-electron chi connectivity index (χ4n) is 4.34. The van der Waals surface area contributed by atoms with E-state index >= 15 is 0 Å². The monoisotopic (exact) mass is 381 g/mol. The molecule has 1 atom stereocenters. The van der Waals surface area contributed by atoms with Gasteiger partial charge < -0.3 is 14.4 Å². The van der Waals surface area contributed by atoms with Gasteiger partial charge in [-0.25, -0.2) is 4.98 Å². The number of likely N-dealkylation sites (tertiary alicyclic amines) is 2. The molecule has 0 spiro atoms. The van der Waals surface area contributed by atoms with Crippen molar-refractivity contribution in [2.75, 3.05) is 19.6 Å². The smallest absolute Gasteiger partial charge is 0.245 e. The summed E-state index contributed by atoms with van der Waals surface area (Å²) in [6.45, 7) is 4.76. The molecule has 7 heteroatoms. The van der Waals surface area contributed by atoms with Gasteiger partial charge in [0.15, 0.2) is 0 Å². The predicted octanol–water partition coefficient (Wildman–Crippen LogP) is 2.04. The van der Waals surface area contributed by atoms with Gasteiger partial charge in [-0.15, -0.1) is 0 Å². The Labute approximate surface area is 165 Å². The molecule has 148 valence electrons. The van der Waals surface area contributed by atoms with Crippen LogP contribution in [0.3, 0.4) is 0 Å². The zero-order valence-electron chi connectivity index (χ0n) is 16.3. The van der Waals surface area contributed by atoms with Gasteiger partial charge in [-0.05, 0) is 37.8 Å². The molecule has 4 rings (SSSR count). The van der Waals surface area contributed by atoms with E-state index < -0.39 is 0 Å². The average molecular weight is 381 g/mol. The molecular formula is C21H27N5O2. The van der Waals surface area contributed by atoms with Gasteiger partial charge in [0, 0.05) is 56.8 Å². The van der Waals surface area contributed by atoms with Gasteiger partial charge in [-0.3, -0.25) is 14.6 Å². The molecule has 0 aliphatic carbocycles. The van der Waals surface area contributed by atoms with Gasteiger partial charge in [-0.2, -0.15) is 0 Å². The molecule has 2 fully saturated rings. The molecule has 0 unspecified atom stereocenters. The van der Waals surface area contributed by atoms with E-state index in [1.165, 1.54) is 0 Å². The lowest BCUT2D eigenvalue weighted by Gasteiger charge is -2.35. The molecule has 0 radical (unpaired) electrons. The van der Waals surface area contributed by atoms with Crippen LogP contribution < -0.4 is 0 Å². The van der Waals surface area contributed by atoms with E-state index in [0.717, 1.165) is 50.3 Å². The molecule has 0 bridgehead atoms. The van der Waals surface area contributed by atoms with E-state index in [2.05, 4.69) is 20.6 Å². The number of hydrogen-bond donors (Lipinski definition) is 0. The summed E-state index contributed by atoms with van der Waals surface area (Å²) in [7, 11) is 0. The number of rotatable bonds is 5. The molecule has 0 aromatic carbocycles. The molecule has 2 amide bonds. The van der Waals surface area contributed by atoms with Gasteiger partial charge in [0.25, 0.3) is 0 Å². The highest BCUT2D eigenvalue weighted by Gasteiger charge is 2.34. The van der Waals surface area contributed by atoms with Crippen molar-refractivity contribution in [1.82, 2.24) is 24.3 Å². The van der Waals surface area contributed by atoms with E-state index in [1.807, 2.05) is 36.5 Å². The van der Waals surface area contributed by atoms with Crippen LogP contribution in [0.4, 0.5) is 0 Å². The first-order valence-corrected chi connectivity index (χ1v) is 10.1.